The van der Waals surface area contributed by atoms with E-state index in [1.54, 1.807) is 0 Å². The molecule has 0 N–H and O–H groups in total. The third-order valence-electron chi connectivity index (χ3n) is 3.19. The van der Waals surface area contributed by atoms with E-state index in [4.69, 9.17) is 0 Å². The first kappa shape index (κ1) is 16.1. The highest BCUT2D eigenvalue weighted by Gasteiger charge is 1.97. The zero-order valence-electron chi connectivity index (χ0n) is 12.2. The van der Waals surface area contributed by atoms with Gasteiger partial charge < -0.3 is 0 Å². The average molecular weight is 319 g/mol. The lowest BCUT2D eigenvalue weighted by molar-refractivity contribution is 0.570. The molecule has 1 atom stereocenters. The van der Waals surface area contributed by atoms with Gasteiger partial charge in [0.1, 0.15) is 0 Å². The minimum atomic E-state index is 0.751. The third kappa shape index (κ3) is 6.64. The lowest BCUT2D eigenvalue weighted by Gasteiger charge is -2.04. The van der Waals surface area contributed by atoms with Crippen molar-refractivity contribution in [1.82, 2.24) is 0 Å². The van der Waals surface area contributed by atoms with Gasteiger partial charge in [-0.25, -0.2) is 0 Å². The third-order valence-corrected chi connectivity index (χ3v) is 3.72. The molecule has 1 aromatic carbocycles. The summed E-state index contributed by atoms with van der Waals surface area (Å²) < 4.78 is 1.10. The van der Waals surface area contributed by atoms with Crippen LogP contribution in [0, 0.1) is 17.8 Å². The van der Waals surface area contributed by atoms with Gasteiger partial charge in [-0.05, 0) is 48.6 Å². The summed E-state index contributed by atoms with van der Waals surface area (Å²) in [6.45, 7) is 6.74. The van der Waals surface area contributed by atoms with Gasteiger partial charge in [-0.15, -0.1) is 0 Å². The maximum Gasteiger partial charge on any atom is 0.0249 e. The predicted octanol–water partition coefficient (Wildman–Crippen LogP) is 5.96. The molecule has 0 fully saturated rings. The fourth-order valence-electron chi connectivity index (χ4n) is 1.68. The van der Waals surface area contributed by atoms with Gasteiger partial charge in [0.05, 0.1) is 0 Å². The molecule has 0 aliphatic heterocycles. The monoisotopic (exact) mass is 318 g/mol. The Kier molecular flexibility index (Phi) is 7.60. The van der Waals surface area contributed by atoms with Gasteiger partial charge >= 0.3 is 0 Å². The Hall–Kier alpha value is -1.000. The highest BCUT2D eigenvalue weighted by atomic mass is 79.9. The first-order valence-corrected chi connectivity index (χ1v) is 7.91. The molecular weight excluding hydrogens is 296 g/mol. The van der Waals surface area contributed by atoms with Crippen LogP contribution in [0.25, 0.3) is 0 Å². The molecule has 1 rings (SSSR count). The summed E-state index contributed by atoms with van der Waals surface area (Å²) in [6, 6.07) is 8.17. The van der Waals surface area contributed by atoms with E-state index < -0.39 is 0 Å². The molecule has 1 heteroatoms. The highest BCUT2D eigenvalue weighted by Crippen LogP contribution is 2.13. The summed E-state index contributed by atoms with van der Waals surface area (Å²) >= 11 is 3.44. The summed E-state index contributed by atoms with van der Waals surface area (Å²) in [4.78, 5) is 0. The zero-order valence-corrected chi connectivity index (χ0v) is 13.8. The van der Waals surface area contributed by atoms with Gasteiger partial charge in [0, 0.05) is 10.0 Å². The number of benzene rings is 1. The first-order valence-electron chi connectivity index (χ1n) is 7.12. The number of hydrogen-bond acceptors (Lipinski definition) is 0. The second-order valence-electron chi connectivity index (χ2n) is 4.99. The van der Waals surface area contributed by atoms with Crippen molar-refractivity contribution in [2.24, 2.45) is 5.92 Å². The molecule has 0 unspecified atom stereocenters. The molecule has 0 bridgehead atoms. The fraction of sp³-hybridized carbons (Fsp3) is 0.444. The number of rotatable bonds is 5. The fourth-order valence-corrected chi connectivity index (χ4v) is 1.95. The van der Waals surface area contributed by atoms with Crippen LogP contribution in [0.15, 0.2) is 40.4 Å². The summed E-state index contributed by atoms with van der Waals surface area (Å²) in [5.74, 6) is 7.34. The number of allylic oxidation sites excluding steroid dienone is 2. The maximum atomic E-state index is 3.44. The molecule has 0 saturated carbocycles. The summed E-state index contributed by atoms with van der Waals surface area (Å²) in [5, 5.41) is 0. The van der Waals surface area contributed by atoms with E-state index in [1.165, 1.54) is 12.0 Å². The molecule has 0 amide bonds. The molecule has 0 spiro atoms. The second kappa shape index (κ2) is 8.99. The van der Waals surface area contributed by atoms with Gasteiger partial charge in [0.25, 0.3) is 0 Å². The smallest absolute Gasteiger partial charge is 0.0249 e. The standard InChI is InChI=1S/C18H23Br/c1-4-6-16(8-7-15(3)5-2)9-10-17-11-13-18(19)14-12-17/h8,11-15H,4-7H2,1-3H3/b16-8+/t15-/m1/s1. The van der Waals surface area contributed by atoms with Crippen molar-refractivity contribution < 1.29 is 0 Å². The summed E-state index contributed by atoms with van der Waals surface area (Å²) in [7, 11) is 0. The predicted molar refractivity (Wildman–Crippen MR) is 88.1 cm³/mol. The van der Waals surface area contributed by atoms with Crippen molar-refractivity contribution in [1.29, 1.82) is 0 Å². The van der Waals surface area contributed by atoms with Gasteiger partial charge in [0.15, 0.2) is 0 Å². The Morgan fingerprint density at radius 1 is 1.26 bits per heavy atom. The molecule has 0 heterocycles. The molecule has 102 valence electrons. The van der Waals surface area contributed by atoms with Gasteiger partial charge in [0.2, 0.25) is 0 Å². The van der Waals surface area contributed by atoms with Crippen LogP contribution in [0.4, 0.5) is 0 Å². The van der Waals surface area contributed by atoms with E-state index in [-0.39, 0.29) is 0 Å². The van der Waals surface area contributed by atoms with Crippen LogP contribution in [0.5, 0.6) is 0 Å². The summed E-state index contributed by atoms with van der Waals surface area (Å²) in [5.41, 5.74) is 2.36. The molecule has 0 nitrogen and oxygen atoms in total. The van der Waals surface area contributed by atoms with E-state index in [1.807, 2.05) is 12.1 Å². The lowest BCUT2D eigenvalue weighted by Crippen LogP contribution is -1.90. The molecule has 19 heavy (non-hydrogen) atoms. The molecule has 1 aromatic rings. The summed E-state index contributed by atoms with van der Waals surface area (Å²) in [6.07, 6.45) is 6.93. The lowest BCUT2D eigenvalue weighted by atomic mass is 10.0. The largest absolute Gasteiger partial charge is 0.0727 e. The van der Waals surface area contributed by atoms with Crippen LogP contribution in [-0.4, -0.2) is 0 Å². The van der Waals surface area contributed by atoms with Crippen molar-refractivity contribution in [3.63, 3.8) is 0 Å². The van der Waals surface area contributed by atoms with Gasteiger partial charge in [-0.3, -0.25) is 0 Å². The molecular formula is C18H23Br. The first-order chi connectivity index (χ1) is 9.15. The Bertz CT molecular complexity index is 457. The molecule has 0 aromatic heterocycles. The van der Waals surface area contributed by atoms with Crippen molar-refractivity contribution in [3.8, 4) is 11.8 Å². The van der Waals surface area contributed by atoms with Crippen molar-refractivity contribution in [2.75, 3.05) is 0 Å². The van der Waals surface area contributed by atoms with E-state index in [0.29, 0.717) is 0 Å². The Balaban J connectivity index is 2.75. The zero-order chi connectivity index (χ0) is 14.1. The van der Waals surface area contributed by atoms with E-state index >= 15 is 0 Å². The average Bonchev–Trinajstić information content (AvgIpc) is 2.43. The van der Waals surface area contributed by atoms with Crippen LogP contribution < -0.4 is 0 Å². The number of hydrogen-bond donors (Lipinski definition) is 0. The van der Waals surface area contributed by atoms with Crippen LogP contribution in [0.3, 0.4) is 0 Å². The SMILES string of the molecule is CCC/C(C#Cc1ccc(Br)cc1)=C\C[C@H](C)CC. The van der Waals surface area contributed by atoms with Crippen LogP contribution in [-0.2, 0) is 0 Å². The molecule has 0 saturated heterocycles. The normalized spacial score (nSPS) is 12.7. The number of halogens is 1. The van der Waals surface area contributed by atoms with Crippen molar-refractivity contribution >= 4 is 15.9 Å². The minimum absolute atomic E-state index is 0.751. The quantitative estimate of drug-likeness (QED) is 0.587. The Labute approximate surface area is 126 Å². The van der Waals surface area contributed by atoms with E-state index in [0.717, 1.165) is 35.2 Å². The Morgan fingerprint density at radius 3 is 2.53 bits per heavy atom. The topological polar surface area (TPSA) is 0 Å². The van der Waals surface area contributed by atoms with Crippen LogP contribution in [0.1, 0.15) is 52.0 Å². The van der Waals surface area contributed by atoms with E-state index in [2.05, 4.69) is 66.8 Å². The van der Waals surface area contributed by atoms with Crippen molar-refractivity contribution in [3.05, 3.63) is 46.0 Å². The molecule has 0 aliphatic carbocycles. The van der Waals surface area contributed by atoms with Crippen LogP contribution >= 0.6 is 15.9 Å². The van der Waals surface area contributed by atoms with Crippen LogP contribution in [0.2, 0.25) is 0 Å². The minimum Gasteiger partial charge on any atom is -0.0727 e. The van der Waals surface area contributed by atoms with Crippen molar-refractivity contribution in [2.45, 2.75) is 46.5 Å². The van der Waals surface area contributed by atoms with Gasteiger partial charge in [-0.1, -0.05) is 67.5 Å². The van der Waals surface area contributed by atoms with E-state index in [9.17, 15) is 0 Å². The maximum absolute atomic E-state index is 3.44. The van der Waals surface area contributed by atoms with Gasteiger partial charge in [-0.2, -0.15) is 0 Å². The second-order valence-corrected chi connectivity index (χ2v) is 5.90. The molecule has 0 aliphatic rings. The highest BCUT2D eigenvalue weighted by molar-refractivity contribution is 9.10. The Morgan fingerprint density at radius 2 is 1.95 bits per heavy atom. The molecule has 0 radical (unpaired) electrons.